The summed E-state index contributed by atoms with van der Waals surface area (Å²) in [6, 6.07) is 6.53. The van der Waals surface area contributed by atoms with Crippen LogP contribution in [0.3, 0.4) is 0 Å². The lowest BCUT2D eigenvalue weighted by molar-refractivity contribution is -0.137. The van der Waals surface area contributed by atoms with E-state index in [0.29, 0.717) is 11.4 Å². The number of halogens is 1. The van der Waals surface area contributed by atoms with Crippen LogP contribution in [0, 0.1) is 0 Å². The maximum absolute atomic E-state index is 11.8. The standard InChI is InChI=1S/C15H20ClNO4/c1-15(2,3)21-14(20)17-12(9-13(18)19)8-10-5-4-6-11(16)7-10/h4-7,12H,8-9H2,1-3H3,(H,17,20)(H,18,19)/t12-/m0/s1. The van der Waals surface area contributed by atoms with E-state index in [1.807, 2.05) is 6.07 Å². The van der Waals surface area contributed by atoms with E-state index >= 15 is 0 Å². The zero-order valence-electron chi connectivity index (χ0n) is 12.4. The molecular weight excluding hydrogens is 294 g/mol. The highest BCUT2D eigenvalue weighted by atomic mass is 35.5. The Hall–Kier alpha value is -1.75. The van der Waals surface area contributed by atoms with E-state index in [9.17, 15) is 9.59 Å². The fourth-order valence-electron chi connectivity index (χ4n) is 1.81. The molecule has 1 aromatic rings. The second-order valence-corrected chi connectivity index (χ2v) is 6.21. The molecule has 0 radical (unpaired) electrons. The van der Waals surface area contributed by atoms with Gasteiger partial charge in [0, 0.05) is 11.1 Å². The molecule has 21 heavy (non-hydrogen) atoms. The van der Waals surface area contributed by atoms with Gasteiger partial charge in [-0.25, -0.2) is 4.79 Å². The molecule has 0 aliphatic rings. The van der Waals surface area contributed by atoms with E-state index in [4.69, 9.17) is 21.4 Å². The molecule has 2 N–H and O–H groups in total. The highest BCUT2D eigenvalue weighted by Gasteiger charge is 2.21. The maximum Gasteiger partial charge on any atom is 0.407 e. The third-order valence-corrected chi connectivity index (χ3v) is 2.75. The van der Waals surface area contributed by atoms with E-state index in [-0.39, 0.29) is 6.42 Å². The van der Waals surface area contributed by atoms with Crippen LogP contribution in [0.5, 0.6) is 0 Å². The van der Waals surface area contributed by atoms with Crippen LogP contribution in [-0.4, -0.2) is 28.8 Å². The molecule has 0 unspecified atom stereocenters. The minimum Gasteiger partial charge on any atom is -0.481 e. The molecule has 1 atom stereocenters. The Bertz CT molecular complexity index is 511. The van der Waals surface area contributed by atoms with Crippen molar-refractivity contribution in [2.24, 2.45) is 0 Å². The summed E-state index contributed by atoms with van der Waals surface area (Å²) >= 11 is 5.90. The highest BCUT2D eigenvalue weighted by molar-refractivity contribution is 6.30. The Kier molecular flexibility index (Phi) is 6.03. The van der Waals surface area contributed by atoms with Crippen LogP contribution >= 0.6 is 11.6 Å². The second-order valence-electron chi connectivity index (χ2n) is 5.78. The number of amides is 1. The summed E-state index contributed by atoms with van der Waals surface area (Å²) in [6.45, 7) is 5.24. The van der Waals surface area contributed by atoms with E-state index < -0.39 is 23.7 Å². The molecule has 0 saturated heterocycles. The molecular formula is C15H20ClNO4. The van der Waals surface area contributed by atoms with Gasteiger partial charge in [0.05, 0.1) is 6.42 Å². The fourth-order valence-corrected chi connectivity index (χ4v) is 2.02. The molecule has 0 fully saturated rings. The van der Waals surface area contributed by atoms with Crippen molar-refractivity contribution in [1.82, 2.24) is 5.32 Å². The SMILES string of the molecule is CC(C)(C)OC(=O)N[C@H](CC(=O)O)Cc1cccc(Cl)c1. The summed E-state index contributed by atoms with van der Waals surface area (Å²) in [6.07, 6.45) is -0.450. The number of hydrogen-bond donors (Lipinski definition) is 2. The largest absolute Gasteiger partial charge is 0.481 e. The monoisotopic (exact) mass is 313 g/mol. The Balaban J connectivity index is 2.72. The number of ether oxygens (including phenoxy) is 1. The number of nitrogens with one attached hydrogen (secondary N) is 1. The number of benzene rings is 1. The van der Waals surface area contributed by atoms with E-state index in [0.717, 1.165) is 5.56 Å². The van der Waals surface area contributed by atoms with E-state index in [1.165, 1.54) is 0 Å². The summed E-state index contributed by atoms with van der Waals surface area (Å²) in [5.41, 5.74) is 0.221. The summed E-state index contributed by atoms with van der Waals surface area (Å²) in [7, 11) is 0. The van der Waals surface area contributed by atoms with Gasteiger partial charge in [-0.1, -0.05) is 23.7 Å². The number of carboxylic acid groups (broad SMARTS) is 1. The molecule has 0 aromatic heterocycles. The van der Waals surface area contributed by atoms with Crippen molar-refractivity contribution >= 4 is 23.7 Å². The number of alkyl carbamates (subject to hydrolysis) is 1. The average molecular weight is 314 g/mol. The maximum atomic E-state index is 11.8. The average Bonchev–Trinajstić information content (AvgIpc) is 2.24. The molecule has 0 heterocycles. The molecule has 1 rings (SSSR count). The first-order chi connectivity index (χ1) is 9.65. The van der Waals surface area contributed by atoms with Gasteiger partial charge >= 0.3 is 12.1 Å². The minimum absolute atomic E-state index is 0.189. The molecule has 0 spiro atoms. The van der Waals surface area contributed by atoms with Crippen LogP contribution in [0.2, 0.25) is 5.02 Å². The topological polar surface area (TPSA) is 75.6 Å². The molecule has 1 aromatic carbocycles. The Labute approximate surface area is 129 Å². The quantitative estimate of drug-likeness (QED) is 0.875. The molecule has 1 amide bonds. The summed E-state index contributed by atoms with van der Waals surface area (Å²) in [4.78, 5) is 22.7. The lowest BCUT2D eigenvalue weighted by atomic mass is 10.0. The number of rotatable bonds is 5. The first kappa shape index (κ1) is 17.3. The summed E-state index contributed by atoms with van der Waals surface area (Å²) in [5.74, 6) is -0.988. The van der Waals surface area contributed by atoms with Crippen molar-refractivity contribution in [2.45, 2.75) is 45.3 Å². The summed E-state index contributed by atoms with van der Waals surface area (Å²) < 4.78 is 5.14. The highest BCUT2D eigenvalue weighted by Crippen LogP contribution is 2.14. The van der Waals surface area contributed by atoms with Crippen molar-refractivity contribution < 1.29 is 19.4 Å². The number of carbonyl (C=O) groups is 2. The number of carboxylic acids is 1. The van der Waals surface area contributed by atoms with Gasteiger partial charge in [0.2, 0.25) is 0 Å². The van der Waals surface area contributed by atoms with Crippen LogP contribution in [0.4, 0.5) is 4.79 Å². The zero-order chi connectivity index (χ0) is 16.0. The van der Waals surface area contributed by atoms with Gasteiger partial charge in [0.25, 0.3) is 0 Å². The Morgan fingerprint density at radius 1 is 1.38 bits per heavy atom. The molecule has 6 heteroatoms. The van der Waals surface area contributed by atoms with Crippen LogP contribution in [0.25, 0.3) is 0 Å². The van der Waals surface area contributed by atoms with Gasteiger partial charge in [0.1, 0.15) is 5.60 Å². The van der Waals surface area contributed by atoms with Gasteiger partial charge in [0.15, 0.2) is 0 Å². The van der Waals surface area contributed by atoms with Gasteiger partial charge in [-0.3, -0.25) is 4.79 Å². The third kappa shape index (κ3) is 7.56. The van der Waals surface area contributed by atoms with Crippen LogP contribution in [-0.2, 0) is 16.0 Å². The Morgan fingerprint density at radius 3 is 2.57 bits per heavy atom. The zero-order valence-corrected chi connectivity index (χ0v) is 13.1. The molecule has 0 bridgehead atoms. The predicted octanol–water partition coefficient (Wildman–Crippen LogP) is 3.25. The van der Waals surface area contributed by atoms with Crippen LogP contribution < -0.4 is 5.32 Å². The van der Waals surface area contributed by atoms with Gasteiger partial charge in [-0.2, -0.15) is 0 Å². The normalized spacial score (nSPS) is 12.6. The minimum atomic E-state index is -0.988. The van der Waals surface area contributed by atoms with Crippen molar-refractivity contribution in [3.63, 3.8) is 0 Å². The lowest BCUT2D eigenvalue weighted by Gasteiger charge is -2.23. The van der Waals surface area contributed by atoms with Crippen molar-refractivity contribution in [3.8, 4) is 0 Å². The van der Waals surface area contributed by atoms with Gasteiger partial charge in [-0.05, 0) is 44.9 Å². The molecule has 0 aliphatic heterocycles. The molecule has 0 aliphatic carbocycles. The van der Waals surface area contributed by atoms with E-state index in [2.05, 4.69) is 5.32 Å². The summed E-state index contributed by atoms with van der Waals surface area (Å²) in [5, 5.41) is 12.1. The molecule has 5 nitrogen and oxygen atoms in total. The molecule has 116 valence electrons. The lowest BCUT2D eigenvalue weighted by Crippen LogP contribution is -2.41. The number of hydrogen-bond acceptors (Lipinski definition) is 3. The molecule has 0 saturated carbocycles. The smallest absolute Gasteiger partial charge is 0.407 e. The van der Waals surface area contributed by atoms with Crippen molar-refractivity contribution in [2.75, 3.05) is 0 Å². The van der Waals surface area contributed by atoms with Crippen molar-refractivity contribution in [1.29, 1.82) is 0 Å². The van der Waals surface area contributed by atoms with Crippen LogP contribution in [0.15, 0.2) is 24.3 Å². The van der Waals surface area contributed by atoms with Gasteiger partial charge < -0.3 is 15.2 Å². The Morgan fingerprint density at radius 2 is 2.05 bits per heavy atom. The second kappa shape index (κ2) is 7.31. The first-order valence-electron chi connectivity index (χ1n) is 6.61. The third-order valence-electron chi connectivity index (χ3n) is 2.51. The van der Waals surface area contributed by atoms with Crippen molar-refractivity contribution in [3.05, 3.63) is 34.9 Å². The number of carbonyl (C=O) groups excluding carboxylic acids is 1. The van der Waals surface area contributed by atoms with Crippen LogP contribution in [0.1, 0.15) is 32.8 Å². The van der Waals surface area contributed by atoms with Gasteiger partial charge in [-0.15, -0.1) is 0 Å². The predicted molar refractivity (Wildman–Crippen MR) is 80.6 cm³/mol. The van der Waals surface area contributed by atoms with E-state index in [1.54, 1.807) is 39.0 Å². The first-order valence-corrected chi connectivity index (χ1v) is 6.99. The number of aliphatic carboxylic acids is 1. The fraction of sp³-hybridized carbons (Fsp3) is 0.467.